The minimum atomic E-state index is -0.0394. The Kier molecular flexibility index (Phi) is 4.78. The zero-order valence-corrected chi connectivity index (χ0v) is 16.4. The molecular weight excluding hydrogens is 352 g/mol. The van der Waals surface area contributed by atoms with Crippen LogP contribution in [0, 0.1) is 11.8 Å². The number of carbonyl (C=O) groups excluding carboxylic acids is 1. The summed E-state index contributed by atoms with van der Waals surface area (Å²) in [4.78, 5) is 16.3. The third-order valence-electron chi connectivity index (χ3n) is 5.08. The van der Waals surface area contributed by atoms with E-state index in [4.69, 9.17) is 0 Å². The molecule has 2 atom stereocenters. The fourth-order valence-corrected chi connectivity index (χ4v) is 5.95. The number of nitrogens with zero attached hydrogens (tertiary/aromatic N) is 3. The molecular formula is C18H24N4OS2. The Balaban J connectivity index is 1.46. The van der Waals surface area contributed by atoms with Gasteiger partial charge in [-0.15, -0.1) is 21.5 Å². The summed E-state index contributed by atoms with van der Waals surface area (Å²) < 4.78 is 0. The van der Waals surface area contributed by atoms with Gasteiger partial charge in [-0.05, 0) is 49.5 Å². The monoisotopic (exact) mass is 376 g/mol. The van der Waals surface area contributed by atoms with Crippen LogP contribution in [0.4, 0.5) is 10.3 Å². The summed E-state index contributed by atoms with van der Waals surface area (Å²) in [6.07, 6.45) is 5.82. The number of carbonyl (C=O) groups is 1. The maximum absolute atomic E-state index is 12.7. The van der Waals surface area contributed by atoms with Crippen molar-refractivity contribution in [2.75, 3.05) is 23.3 Å². The van der Waals surface area contributed by atoms with Gasteiger partial charge in [0.25, 0.3) is 5.91 Å². The van der Waals surface area contributed by atoms with Crippen molar-refractivity contribution in [1.29, 1.82) is 0 Å². The highest BCUT2D eigenvalue weighted by atomic mass is 32.1. The molecule has 5 nitrogen and oxygen atoms in total. The van der Waals surface area contributed by atoms with Crippen LogP contribution in [-0.4, -0.2) is 29.2 Å². The third kappa shape index (κ3) is 3.58. The van der Waals surface area contributed by atoms with Gasteiger partial charge in [-0.3, -0.25) is 10.1 Å². The number of rotatable bonds is 3. The van der Waals surface area contributed by atoms with Crippen LogP contribution in [0.2, 0.25) is 0 Å². The fourth-order valence-electron chi connectivity index (χ4n) is 4.06. The van der Waals surface area contributed by atoms with Gasteiger partial charge in [0.1, 0.15) is 0 Å². The van der Waals surface area contributed by atoms with E-state index in [1.165, 1.54) is 41.0 Å². The predicted octanol–water partition coefficient (Wildman–Crippen LogP) is 4.21. The SMILES string of the molecule is C[C@H]1C[C@H](C)CN(c2nnc(NC(=O)c3csc4c3CCCC4)s2)C1. The number of fused-ring (bicyclic) bond motifs is 1. The number of piperidine rings is 1. The average Bonchev–Trinajstić information content (AvgIpc) is 3.20. The van der Waals surface area contributed by atoms with E-state index >= 15 is 0 Å². The van der Waals surface area contributed by atoms with Crippen LogP contribution in [0.5, 0.6) is 0 Å². The highest BCUT2D eigenvalue weighted by Crippen LogP contribution is 2.32. The fraction of sp³-hybridized carbons (Fsp3) is 0.611. The van der Waals surface area contributed by atoms with Gasteiger partial charge >= 0.3 is 0 Å². The largest absolute Gasteiger partial charge is 0.346 e. The molecule has 134 valence electrons. The van der Waals surface area contributed by atoms with Crippen LogP contribution in [-0.2, 0) is 12.8 Å². The molecule has 25 heavy (non-hydrogen) atoms. The smallest absolute Gasteiger partial charge is 0.258 e. The van der Waals surface area contributed by atoms with Crippen molar-refractivity contribution in [2.45, 2.75) is 46.0 Å². The lowest BCUT2D eigenvalue weighted by molar-refractivity contribution is 0.102. The standard InChI is InChI=1S/C18H24N4OS2/c1-11-7-12(2)9-22(8-11)18-21-20-17(25-18)19-16(23)14-10-24-15-6-4-3-5-13(14)15/h10-12H,3-9H2,1-2H3,(H,19,20,23)/t11-,12-/m0/s1. The molecule has 1 N–H and O–H groups in total. The van der Waals surface area contributed by atoms with Crippen molar-refractivity contribution < 1.29 is 4.79 Å². The molecule has 0 saturated carbocycles. The molecule has 0 aromatic carbocycles. The van der Waals surface area contributed by atoms with E-state index < -0.39 is 0 Å². The Hall–Kier alpha value is -1.47. The second kappa shape index (κ2) is 7.03. The lowest BCUT2D eigenvalue weighted by atomic mass is 9.92. The topological polar surface area (TPSA) is 58.1 Å². The lowest BCUT2D eigenvalue weighted by Gasteiger charge is -2.34. The van der Waals surface area contributed by atoms with Crippen LogP contribution >= 0.6 is 22.7 Å². The number of nitrogens with one attached hydrogen (secondary N) is 1. The molecule has 1 amide bonds. The molecule has 2 aromatic rings. The van der Waals surface area contributed by atoms with E-state index in [9.17, 15) is 4.79 Å². The van der Waals surface area contributed by atoms with Crippen molar-refractivity contribution >= 4 is 38.8 Å². The Bertz CT molecular complexity index is 759. The van der Waals surface area contributed by atoms with Crippen molar-refractivity contribution in [2.24, 2.45) is 11.8 Å². The molecule has 7 heteroatoms. The second-order valence-corrected chi connectivity index (χ2v) is 9.37. The molecule has 2 aromatic heterocycles. The van der Waals surface area contributed by atoms with Gasteiger partial charge in [-0.25, -0.2) is 0 Å². The number of aromatic nitrogens is 2. The summed E-state index contributed by atoms with van der Waals surface area (Å²) in [7, 11) is 0. The maximum atomic E-state index is 12.7. The lowest BCUT2D eigenvalue weighted by Crippen LogP contribution is -2.38. The van der Waals surface area contributed by atoms with Gasteiger partial charge in [0.05, 0.1) is 5.56 Å². The van der Waals surface area contributed by atoms with Crippen molar-refractivity contribution in [3.05, 3.63) is 21.4 Å². The van der Waals surface area contributed by atoms with Gasteiger partial charge < -0.3 is 4.90 Å². The molecule has 0 radical (unpaired) electrons. The summed E-state index contributed by atoms with van der Waals surface area (Å²) >= 11 is 3.20. The van der Waals surface area contributed by atoms with Crippen LogP contribution in [0.3, 0.4) is 0 Å². The van der Waals surface area contributed by atoms with Gasteiger partial charge in [-0.1, -0.05) is 25.2 Å². The molecule has 0 bridgehead atoms. The Labute approximate surface area is 156 Å². The Morgan fingerprint density at radius 2 is 1.96 bits per heavy atom. The van der Waals surface area contributed by atoms with Crippen molar-refractivity contribution in [3.8, 4) is 0 Å². The Morgan fingerprint density at radius 3 is 2.76 bits per heavy atom. The molecule has 0 spiro atoms. The highest BCUT2D eigenvalue weighted by molar-refractivity contribution is 7.19. The number of hydrogen-bond donors (Lipinski definition) is 1. The minimum Gasteiger partial charge on any atom is -0.346 e. The van der Waals surface area contributed by atoms with Crippen LogP contribution in [0.25, 0.3) is 0 Å². The number of aryl methyl sites for hydroxylation is 1. The normalized spacial score (nSPS) is 23.4. The summed E-state index contributed by atoms with van der Waals surface area (Å²) in [6, 6.07) is 0. The number of anilines is 2. The van der Waals surface area contributed by atoms with Crippen molar-refractivity contribution in [1.82, 2.24) is 10.2 Å². The van der Waals surface area contributed by atoms with E-state index in [2.05, 4.69) is 34.3 Å². The minimum absolute atomic E-state index is 0.0394. The summed E-state index contributed by atoms with van der Waals surface area (Å²) in [6.45, 7) is 6.61. The number of thiophene rings is 1. The summed E-state index contributed by atoms with van der Waals surface area (Å²) in [5, 5.41) is 15.0. The maximum Gasteiger partial charge on any atom is 0.258 e. The van der Waals surface area contributed by atoms with Crippen molar-refractivity contribution in [3.63, 3.8) is 0 Å². The van der Waals surface area contributed by atoms with Gasteiger partial charge in [-0.2, -0.15) is 0 Å². The average molecular weight is 377 g/mol. The summed E-state index contributed by atoms with van der Waals surface area (Å²) in [5.41, 5.74) is 2.08. The van der Waals surface area contributed by atoms with Crippen LogP contribution in [0.15, 0.2) is 5.38 Å². The van der Waals surface area contributed by atoms with Crippen LogP contribution < -0.4 is 10.2 Å². The first-order valence-corrected chi connectivity index (χ1v) is 10.8. The first kappa shape index (κ1) is 17.0. The molecule has 1 fully saturated rings. The predicted molar refractivity (Wildman–Crippen MR) is 104 cm³/mol. The van der Waals surface area contributed by atoms with E-state index in [0.717, 1.165) is 36.6 Å². The number of hydrogen-bond acceptors (Lipinski definition) is 6. The first-order valence-electron chi connectivity index (χ1n) is 9.09. The van der Waals surface area contributed by atoms with E-state index in [1.54, 1.807) is 11.3 Å². The Morgan fingerprint density at radius 1 is 1.20 bits per heavy atom. The van der Waals surface area contributed by atoms with E-state index in [-0.39, 0.29) is 5.91 Å². The van der Waals surface area contributed by atoms with E-state index in [1.807, 2.05) is 5.38 Å². The third-order valence-corrected chi connectivity index (χ3v) is 7.07. The van der Waals surface area contributed by atoms with E-state index in [0.29, 0.717) is 17.0 Å². The molecule has 4 rings (SSSR count). The summed E-state index contributed by atoms with van der Waals surface area (Å²) in [5.74, 6) is 1.30. The van der Waals surface area contributed by atoms with Crippen LogP contribution in [0.1, 0.15) is 53.9 Å². The molecule has 1 aliphatic heterocycles. The number of amides is 1. The zero-order chi connectivity index (χ0) is 17.4. The molecule has 1 saturated heterocycles. The van der Waals surface area contributed by atoms with Gasteiger partial charge in [0, 0.05) is 23.3 Å². The molecule has 3 heterocycles. The zero-order valence-electron chi connectivity index (χ0n) is 14.7. The quantitative estimate of drug-likeness (QED) is 0.872. The first-order chi connectivity index (χ1) is 12.1. The molecule has 0 unspecified atom stereocenters. The highest BCUT2D eigenvalue weighted by Gasteiger charge is 2.25. The molecule has 2 aliphatic rings. The van der Waals surface area contributed by atoms with Gasteiger partial charge in [0.15, 0.2) is 0 Å². The van der Waals surface area contributed by atoms with Gasteiger partial charge in [0.2, 0.25) is 10.3 Å². The molecule has 1 aliphatic carbocycles. The second-order valence-electron chi connectivity index (χ2n) is 7.45.